The van der Waals surface area contributed by atoms with Gasteiger partial charge < -0.3 is 24.8 Å². The van der Waals surface area contributed by atoms with Crippen LogP contribution in [0.5, 0.6) is 17.6 Å². The maximum atomic E-state index is 16.9. The number of halogens is 3. The first-order valence-corrected chi connectivity index (χ1v) is 15.8. The fraction of sp³-hybridized carbons (Fsp3) is 0.485. The molecule has 45 heavy (non-hydrogen) atoms. The van der Waals surface area contributed by atoms with Crippen molar-refractivity contribution in [3.63, 3.8) is 0 Å². The van der Waals surface area contributed by atoms with Crippen molar-refractivity contribution in [1.29, 1.82) is 0 Å². The number of phenolic OH excluding ortho intramolecular Hbond substituents is 1. The Balaban J connectivity index is 1.24. The van der Waals surface area contributed by atoms with E-state index in [1.807, 2.05) is 0 Å². The number of aromatic hydroxyl groups is 1. The van der Waals surface area contributed by atoms with Crippen LogP contribution in [0, 0.1) is 18.6 Å². The molecule has 0 saturated carbocycles. The third kappa shape index (κ3) is 4.10. The standard InChI is InChI=1S/C33H33F3N6O3/c1-16-22(35)5-3-17-9-20(43)10-21(25(16)17)28-27(36)29-26-30(42-13-19-4-6-23(37-19)24(42)14-44-31(26)38-28)40-32(39-29)45-15-33-7-2-8-41(33)12-18(34)11-33/h3,5,9-10,18-19,23-24,37,43H,2,4,6-8,11-15H2,1H3/t18-,19?,23?,24?,33+/m1/s1. The minimum Gasteiger partial charge on any atom is -0.508 e. The number of piperazine rings is 1. The first-order valence-electron chi connectivity index (χ1n) is 15.8. The molecule has 7 heterocycles. The Morgan fingerprint density at radius 2 is 2.02 bits per heavy atom. The first kappa shape index (κ1) is 27.4. The molecule has 5 atom stereocenters. The van der Waals surface area contributed by atoms with Crippen LogP contribution in [-0.4, -0.2) is 87.6 Å². The molecule has 0 radical (unpaired) electrons. The Morgan fingerprint density at radius 1 is 1.13 bits per heavy atom. The summed E-state index contributed by atoms with van der Waals surface area (Å²) in [6, 6.07) is 6.15. The third-order valence-electron chi connectivity index (χ3n) is 10.7. The topological polar surface area (TPSA) is 95.9 Å². The lowest BCUT2D eigenvalue weighted by atomic mass is 9.95. The highest BCUT2D eigenvalue weighted by atomic mass is 19.1. The molecule has 0 amide bonds. The molecule has 2 aromatic carbocycles. The third-order valence-corrected chi connectivity index (χ3v) is 10.7. The molecule has 5 aliphatic heterocycles. The maximum Gasteiger partial charge on any atom is 0.319 e. The average molecular weight is 619 g/mol. The summed E-state index contributed by atoms with van der Waals surface area (Å²) in [6.07, 6.45) is 3.27. The van der Waals surface area contributed by atoms with Crippen LogP contribution in [0.1, 0.15) is 37.7 Å². The van der Waals surface area contributed by atoms with E-state index in [1.165, 1.54) is 18.2 Å². The number of rotatable bonds is 4. The Labute approximate surface area is 257 Å². The number of fused-ring (bicyclic) bond motifs is 7. The van der Waals surface area contributed by atoms with E-state index < -0.39 is 23.3 Å². The molecule has 2 N–H and O–H groups in total. The van der Waals surface area contributed by atoms with Gasteiger partial charge in [0.2, 0.25) is 5.88 Å². The van der Waals surface area contributed by atoms with E-state index in [2.05, 4.69) is 25.1 Å². The number of anilines is 1. The van der Waals surface area contributed by atoms with E-state index in [0.717, 1.165) is 32.2 Å². The minimum absolute atomic E-state index is 0.0116. The van der Waals surface area contributed by atoms with Gasteiger partial charge in [0.15, 0.2) is 5.82 Å². The zero-order valence-corrected chi connectivity index (χ0v) is 24.8. The van der Waals surface area contributed by atoms with E-state index >= 15 is 4.39 Å². The Bertz CT molecular complexity index is 1890. The van der Waals surface area contributed by atoms with Crippen LogP contribution in [-0.2, 0) is 0 Å². The smallest absolute Gasteiger partial charge is 0.319 e. The van der Waals surface area contributed by atoms with Crippen LogP contribution in [0.2, 0.25) is 0 Å². The Morgan fingerprint density at radius 3 is 2.91 bits per heavy atom. The second kappa shape index (κ2) is 9.80. The molecule has 12 heteroatoms. The zero-order chi connectivity index (χ0) is 30.6. The summed E-state index contributed by atoms with van der Waals surface area (Å²) >= 11 is 0. The van der Waals surface area contributed by atoms with E-state index in [9.17, 15) is 13.9 Å². The number of phenols is 1. The van der Waals surface area contributed by atoms with Crippen LogP contribution >= 0.6 is 0 Å². The SMILES string of the molecule is Cc1c(F)ccc2cc(O)cc(-c3nc4c5c(nc(OC[C@@]67CCCN6C[C@H](F)C7)nc5c3F)N3CC5CCC(N5)C3CO4)c12. The molecule has 9 rings (SSSR count). The number of aromatic nitrogens is 3. The monoisotopic (exact) mass is 618 g/mol. The van der Waals surface area contributed by atoms with Crippen molar-refractivity contribution in [2.45, 2.75) is 68.9 Å². The van der Waals surface area contributed by atoms with Crippen molar-refractivity contribution in [2.24, 2.45) is 0 Å². The fourth-order valence-electron chi connectivity index (χ4n) is 8.60. The highest BCUT2D eigenvalue weighted by Crippen LogP contribution is 2.45. The highest BCUT2D eigenvalue weighted by Gasteiger charge is 2.50. The van der Waals surface area contributed by atoms with Gasteiger partial charge in [-0.25, -0.2) is 18.2 Å². The van der Waals surface area contributed by atoms with Crippen molar-refractivity contribution in [2.75, 3.05) is 37.7 Å². The molecule has 5 aliphatic rings. The van der Waals surface area contributed by atoms with Crippen molar-refractivity contribution in [1.82, 2.24) is 25.2 Å². The Kier molecular flexibility index (Phi) is 5.97. The normalized spacial score (nSPS) is 28.8. The van der Waals surface area contributed by atoms with E-state index in [-0.39, 0.29) is 59.1 Å². The number of ether oxygens (including phenoxy) is 2. The van der Waals surface area contributed by atoms with Gasteiger partial charge in [-0.05, 0) is 73.7 Å². The van der Waals surface area contributed by atoms with Crippen molar-refractivity contribution in [3.05, 3.63) is 41.5 Å². The van der Waals surface area contributed by atoms with Gasteiger partial charge in [0.1, 0.15) is 53.4 Å². The van der Waals surface area contributed by atoms with Crippen LogP contribution < -0.4 is 19.7 Å². The lowest BCUT2D eigenvalue weighted by Gasteiger charge is -2.40. The average Bonchev–Trinajstić information content (AvgIpc) is 3.65. The van der Waals surface area contributed by atoms with Gasteiger partial charge in [0.25, 0.3) is 0 Å². The van der Waals surface area contributed by atoms with Gasteiger partial charge in [-0.15, -0.1) is 0 Å². The van der Waals surface area contributed by atoms with E-state index in [4.69, 9.17) is 14.5 Å². The summed E-state index contributed by atoms with van der Waals surface area (Å²) in [5, 5.41) is 15.6. The molecule has 234 valence electrons. The summed E-state index contributed by atoms with van der Waals surface area (Å²) in [4.78, 5) is 18.5. The van der Waals surface area contributed by atoms with Gasteiger partial charge in [-0.1, -0.05) is 6.07 Å². The van der Waals surface area contributed by atoms with Crippen LogP contribution in [0.15, 0.2) is 24.3 Å². The van der Waals surface area contributed by atoms with Gasteiger partial charge in [0, 0.05) is 37.2 Å². The van der Waals surface area contributed by atoms with Crippen LogP contribution in [0.25, 0.3) is 32.9 Å². The number of benzene rings is 2. The molecule has 0 spiro atoms. The second-order valence-corrected chi connectivity index (χ2v) is 13.3. The molecule has 2 bridgehead atoms. The number of alkyl halides is 1. The van der Waals surface area contributed by atoms with Crippen LogP contribution in [0.3, 0.4) is 0 Å². The van der Waals surface area contributed by atoms with Crippen molar-refractivity contribution >= 4 is 27.5 Å². The van der Waals surface area contributed by atoms with Crippen molar-refractivity contribution in [3.8, 4) is 28.9 Å². The predicted octanol–water partition coefficient (Wildman–Crippen LogP) is 4.79. The van der Waals surface area contributed by atoms with Gasteiger partial charge >= 0.3 is 6.01 Å². The molecule has 2 aromatic heterocycles. The summed E-state index contributed by atoms with van der Waals surface area (Å²) in [6.45, 7) is 3.99. The lowest BCUT2D eigenvalue weighted by Crippen LogP contribution is -2.60. The second-order valence-electron chi connectivity index (χ2n) is 13.3. The molecule has 4 saturated heterocycles. The fourth-order valence-corrected chi connectivity index (χ4v) is 8.60. The van der Waals surface area contributed by atoms with Crippen LogP contribution in [0.4, 0.5) is 19.0 Å². The largest absolute Gasteiger partial charge is 0.508 e. The lowest BCUT2D eigenvalue weighted by molar-refractivity contribution is 0.107. The molecule has 9 nitrogen and oxygen atoms in total. The van der Waals surface area contributed by atoms with E-state index in [1.54, 1.807) is 13.0 Å². The summed E-state index contributed by atoms with van der Waals surface area (Å²) < 4.78 is 58.9. The number of aryl methyl sites for hydroxylation is 1. The van der Waals surface area contributed by atoms with Gasteiger partial charge in [-0.2, -0.15) is 9.97 Å². The van der Waals surface area contributed by atoms with Gasteiger partial charge in [-0.3, -0.25) is 4.90 Å². The van der Waals surface area contributed by atoms with Gasteiger partial charge in [0.05, 0.1) is 11.6 Å². The number of nitrogens with zero attached hydrogens (tertiary/aromatic N) is 5. The molecule has 0 aliphatic carbocycles. The number of hydrogen-bond acceptors (Lipinski definition) is 9. The summed E-state index contributed by atoms with van der Waals surface area (Å²) in [5.41, 5.74) is -0.0280. The summed E-state index contributed by atoms with van der Waals surface area (Å²) in [5.74, 6) is -0.625. The first-order chi connectivity index (χ1) is 21.8. The summed E-state index contributed by atoms with van der Waals surface area (Å²) in [7, 11) is 0. The quantitative estimate of drug-likeness (QED) is 0.335. The maximum absolute atomic E-state index is 16.9. The molecule has 4 fully saturated rings. The minimum atomic E-state index is -0.913. The number of pyridine rings is 1. The van der Waals surface area contributed by atoms with Crippen molar-refractivity contribution < 1.29 is 27.8 Å². The van der Waals surface area contributed by atoms with E-state index in [0.29, 0.717) is 53.7 Å². The molecule has 4 aromatic rings. The molecular weight excluding hydrogens is 585 g/mol. The highest BCUT2D eigenvalue weighted by molar-refractivity contribution is 6.03. The molecular formula is C33H33F3N6O3. The Hall–Kier alpha value is -3.90. The zero-order valence-electron chi connectivity index (χ0n) is 24.8. The number of hydrogen-bond donors (Lipinski definition) is 2. The number of nitrogens with one attached hydrogen (secondary N) is 1. The molecule has 3 unspecified atom stereocenters. The predicted molar refractivity (Wildman–Crippen MR) is 162 cm³/mol.